The Morgan fingerprint density at radius 1 is 1.15 bits per heavy atom. The topological polar surface area (TPSA) is 82.6 Å². The number of amides is 2. The molecule has 1 aliphatic rings. The SMILES string of the molecule is CCN(CC)CCOc1ccc(Nc2ncc3c(n2)NC(=O)N(c2ccc(Cl)cc2Cl)C3)cc1. The minimum Gasteiger partial charge on any atom is -0.492 e. The number of fused-ring (bicyclic) bond motifs is 1. The minimum absolute atomic E-state index is 0.294. The van der Waals surface area contributed by atoms with E-state index in [2.05, 4.69) is 39.3 Å². The highest BCUT2D eigenvalue weighted by Gasteiger charge is 2.27. The normalized spacial score (nSPS) is 13.0. The molecule has 0 fully saturated rings. The van der Waals surface area contributed by atoms with Gasteiger partial charge in [-0.05, 0) is 55.6 Å². The van der Waals surface area contributed by atoms with Gasteiger partial charge in [-0.2, -0.15) is 4.98 Å². The number of likely N-dealkylation sites (N-methyl/N-ethyl adjacent to an activating group) is 1. The molecule has 2 aromatic carbocycles. The number of rotatable bonds is 9. The zero-order valence-electron chi connectivity index (χ0n) is 19.0. The minimum atomic E-state index is -0.326. The first-order valence-corrected chi connectivity index (χ1v) is 11.8. The van der Waals surface area contributed by atoms with Crippen molar-refractivity contribution in [1.82, 2.24) is 14.9 Å². The van der Waals surface area contributed by atoms with Crippen molar-refractivity contribution in [3.63, 3.8) is 0 Å². The number of halogens is 2. The molecule has 4 rings (SSSR count). The fourth-order valence-corrected chi connectivity index (χ4v) is 4.10. The van der Waals surface area contributed by atoms with Crippen molar-refractivity contribution >= 4 is 52.4 Å². The number of carbonyl (C=O) groups is 1. The molecule has 3 aromatic rings. The number of aromatic nitrogens is 2. The number of hydrogen-bond donors (Lipinski definition) is 2. The molecule has 34 heavy (non-hydrogen) atoms. The van der Waals surface area contributed by atoms with Crippen molar-refractivity contribution in [3.8, 4) is 5.75 Å². The molecule has 0 unspecified atom stereocenters. The monoisotopic (exact) mass is 500 g/mol. The standard InChI is InChI=1S/C24H26Cl2N6O2/c1-3-31(4-2)11-12-34-19-8-6-18(7-9-19)28-23-27-14-16-15-32(24(33)30-22(16)29-23)21-10-5-17(25)13-20(21)26/h5-10,13-14H,3-4,11-12,15H2,1-2H3,(H2,27,28,29,30,33). The van der Waals surface area contributed by atoms with E-state index in [4.69, 9.17) is 27.9 Å². The molecule has 0 spiro atoms. The second-order valence-corrected chi connectivity index (χ2v) is 8.55. The zero-order valence-corrected chi connectivity index (χ0v) is 20.5. The van der Waals surface area contributed by atoms with E-state index in [-0.39, 0.29) is 6.03 Å². The van der Waals surface area contributed by atoms with Gasteiger partial charge in [0.25, 0.3) is 0 Å². The first-order valence-electron chi connectivity index (χ1n) is 11.1. The van der Waals surface area contributed by atoms with E-state index in [1.807, 2.05) is 24.3 Å². The van der Waals surface area contributed by atoms with Gasteiger partial charge in [-0.1, -0.05) is 37.0 Å². The highest BCUT2D eigenvalue weighted by atomic mass is 35.5. The third kappa shape index (κ3) is 5.70. The number of nitrogens with one attached hydrogen (secondary N) is 2. The summed E-state index contributed by atoms with van der Waals surface area (Å²) in [7, 11) is 0. The summed E-state index contributed by atoms with van der Waals surface area (Å²) in [4.78, 5) is 25.4. The van der Waals surface area contributed by atoms with Crippen LogP contribution in [0.4, 0.5) is 27.9 Å². The highest BCUT2D eigenvalue weighted by molar-refractivity contribution is 6.36. The Balaban J connectivity index is 1.39. The van der Waals surface area contributed by atoms with Crippen molar-refractivity contribution in [3.05, 3.63) is 64.3 Å². The number of anilines is 4. The van der Waals surface area contributed by atoms with Crippen LogP contribution in [-0.4, -0.2) is 47.1 Å². The summed E-state index contributed by atoms with van der Waals surface area (Å²) in [5.74, 6) is 1.64. The molecular formula is C24H26Cl2N6O2. The summed E-state index contributed by atoms with van der Waals surface area (Å²) in [6.45, 7) is 8.13. The number of hydrogen-bond acceptors (Lipinski definition) is 6. The van der Waals surface area contributed by atoms with E-state index in [1.165, 1.54) is 4.90 Å². The lowest BCUT2D eigenvalue weighted by atomic mass is 10.2. The fourth-order valence-electron chi connectivity index (χ4n) is 3.59. The van der Waals surface area contributed by atoms with Crippen LogP contribution >= 0.6 is 23.2 Å². The number of ether oxygens (including phenoxy) is 1. The summed E-state index contributed by atoms with van der Waals surface area (Å²) in [6.07, 6.45) is 1.69. The second-order valence-electron chi connectivity index (χ2n) is 7.70. The molecule has 0 bridgehead atoms. The predicted octanol–water partition coefficient (Wildman–Crippen LogP) is 5.80. The van der Waals surface area contributed by atoms with Crippen LogP contribution in [0.15, 0.2) is 48.7 Å². The van der Waals surface area contributed by atoms with Crippen LogP contribution in [-0.2, 0) is 6.54 Å². The van der Waals surface area contributed by atoms with Crippen LogP contribution in [0.1, 0.15) is 19.4 Å². The summed E-state index contributed by atoms with van der Waals surface area (Å²) in [6, 6.07) is 12.3. The van der Waals surface area contributed by atoms with Gasteiger partial charge in [-0.3, -0.25) is 10.2 Å². The van der Waals surface area contributed by atoms with E-state index in [1.54, 1.807) is 24.4 Å². The lowest BCUT2D eigenvalue weighted by Crippen LogP contribution is -2.39. The molecule has 1 aromatic heterocycles. The molecule has 2 heterocycles. The third-order valence-corrected chi connectivity index (χ3v) is 6.08. The van der Waals surface area contributed by atoms with Gasteiger partial charge in [0, 0.05) is 29.0 Å². The van der Waals surface area contributed by atoms with Gasteiger partial charge in [0.05, 0.1) is 17.3 Å². The summed E-state index contributed by atoms with van der Waals surface area (Å²) in [5, 5.41) is 6.87. The number of benzene rings is 2. The van der Waals surface area contributed by atoms with Gasteiger partial charge in [0.15, 0.2) is 0 Å². The van der Waals surface area contributed by atoms with Crippen LogP contribution < -0.4 is 20.3 Å². The lowest BCUT2D eigenvalue weighted by Gasteiger charge is -2.29. The number of carbonyl (C=O) groups excluding carboxylic acids is 1. The van der Waals surface area contributed by atoms with Crippen LogP contribution in [0.5, 0.6) is 5.75 Å². The van der Waals surface area contributed by atoms with Crippen molar-refractivity contribution in [1.29, 1.82) is 0 Å². The summed E-state index contributed by atoms with van der Waals surface area (Å²) >= 11 is 12.2. The molecular weight excluding hydrogens is 475 g/mol. The number of urea groups is 1. The Hall–Kier alpha value is -3.07. The van der Waals surface area contributed by atoms with Gasteiger partial charge in [-0.25, -0.2) is 9.78 Å². The molecule has 0 saturated heterocycles. The summed E-state index contributed by atoms with van der Waals surface area (Å²) in [5.41, 5.74) is 2.15. The van der Waals surface area contributed by atoms with Crippen LogP contribution in [0.3, 0.4) is 0 Å². The Labute approximate surface area is 208 Å². The lowest BCUT2D eigenvalue weighted by molar-refractivity contribution is 0.223. The quantitative estimate of drug-likeness (QED) is 0.386. The Morgan fingerprint density at radius 3 is 2.62 bits per heavy atom. The second kappa shape index (κ2) is 10.9. The molecule has 2 N–H and O–H groups in total. The van der Waals surface area contributed by atoms with Gasteiger partial charge >= 0.3 is 6.03 Å². The van der Waals surface area contributed by atoms with Gasteiger partial charge < -0.3 is 15.0 Å². The van der Waals surface area contributed by atoms with Crippen LogP contribution in [0.25, 0.3) is 0 Å². The van der Waals surface area contributed by atoms with Crippen molar-refractivity contribution in [2.45, 2.75) is 20.4 Å². The van der Waals surface area contributed by atoms with Crippen molar-refractivity contribution in [2.24, 2.45) is 0 Å². The first-order chi connectivity index (χ1) is 16.5. The smallest absolute Gasteiger partial charge is 0.327 e. The van der Waals surface area contributed by atoms with E-state index in [0.717, 1.165) is 36.6 Å². The van der Waals surface area contributed by atoms with Crippen molar-refractivity contribution < 1.29 is 9.53 Å². The van der Waals surface area contributed by atoms with Gasteiger partial charge in [-0.15, -0.1) is 0 Å². The van der Waals surface area contributed by atoms with Gasteiger partial charge in [0.1, 0.15) is 18.2 Å². The maximum atomic E-state index is 12.7. The largest absolute Gasteiger partial charge is 0.492 e. The predicted molar refractivity (Wildman–Crippen MR) is 137 cm³/mol. The molecule has 178 valence electrons. The Kier molecular flexibility index (Phi) is 7.72. The van der Waals surface area contributed by atoms with E-state index in [0.29, 0.717) is 40.7 Å². The first kappa shape index (κ1) is 24.1. The van der Waals surface area contributed by atoms with Crippen LogP contribution in [0.2, 0.25) is 10.0 Å². The van der Waals surface area contributed by atoms with Crippen molar-refractivity contribution in [2.75, 3.05) is 41.8 Å². The van der Waals surface area contributed by atoms with E-state index in [9.17, 15) is 4.79 Å². The molecule has 10 heteroatoms. The maximum Gasteiger partial charge on any atom is 0.327 e. The van der Waals surface area contributed by atoms with E-state index >= 15 is 0 Å². The van der Waals surface area contributed by atoms with Gasteiger partial charge in [0.2, 0.25) is 5.95 Å². The Bertz CT molecular complexity index is 1150. The van der Waals surface area contributed by atoms with Crippen LogP contribution in [0, 0.1) is 0 Å². The highest BCUT2D eigenvalue weighted by Crippen LogP contribution is 2.33. The Morgan fingerprint density at radius 2 is 1.91 bits per heavy atom. The zero-order chi connectivity index (χ0) is 24.1. The molecule has 1 aliphatic heterocycles. The molecule has 8 nitrogen and oxygen atoms in total. The average Bonchev–Trinajstić information content (AvgIpc) is 2.83. The molecule has 0 atom stereocenters. The fraction of sp³-hybridized carbons (Fsp3) is 0.292. The number of nitrogens with zero attached hydrogens (tertiary/aromatic N) is 4. The average molecular weight is 501 g/mol. The molecule has 0 aliphatic carbocycles. The summed E-state index contributed by atoms with van der Waals surface area (Å²) < 4.78 is 5.82. The van der Waals surface area contributed by atoms with E-state index < -0.39 is 0 Å². The molecule has 0 saturated carbocycles. The molecule has 0 radical (unpaired) electrons. The third-order valence-electron chi connectivity index (χ3n) is 5.55. The maximum absolute atomic E-state index is 12.7. The molecule has 2 amide bonds.